The van der Waals surface area contributed by atoms with E-state index in [-0.39, 0.29) is 17.6 Å². The SMILES string of the molecule is CCOc1cc(C(C)(C)C)ncc1C1=N[C@@](C)(c2ccc(Cl)cc2)[C@@](C)(c2ccc(Cl)cc2)N1C(=O)N1CCC(OC(=O)OC)CC1. The molecule has 1 aromatic heterocycles. The van der Waals surface area contributed by atoms with Gasteiger partial charge in [0.15, 0.2) is 0 Å². The molecule has 2 amide bonds. The number of pyridine rings is 1. The number of piperidine rings is 1. The molecule has 1 saturated heterocycles. The summed E-state index contributed by atoms with van der Waals surface area (Å²) in [5, 5.41) is 1.18. The summed E-state index contributed by atoms with van der Waals surface area (Å²) >= 11 is 12.7. The molecule has 3 heterocycles. The van der Waals surface area contributed by atoms with E-state index in [4.69, 9.17) is 42.7 Å². The first-order chi connectivity index (χ1) is 22.2. The summed E-state index contributed by atoms with van der Waals surface area (Å²) < 4.78 is 16.3. The number of carbonyl (C=O) groups excluding carboxylic acids is 2. The van der Waals surface area contributed by atoms with Gasteiger partial charge in [0.25, 0.3) is 0 Å². The van der Waals surface area contributed by atoms with Gasteiger partial charge in [-0.15, -0.1) is 0 Å². The third kappa shape index (κ3) is 6.52. The molecule has 0 saturated carbocycles. The van der Waals surface area contributed by atoms with Crippen molar-refractivity contribution in [2.24, 2.45) is 4.99 Å². The van der Waals surface area contributed by atoms with Gasteiger partial charge in [-0.2, -0.15) is 0 Å². The minimum Gasteiger partial charge on any atom is -0.493 e. The lowest BCUT2D eigenvalue weighted by molar-refractivity contribution is 0.0114. The van der Waals surface area contributed by atoms with Crippen LogP contribution in [0.15, 0.2) is 65.8 Å². The van der Waals surface area contributed by atoms with Crippen molar-refractivity contribution in [3.05, 3.63) is 93.2 Å². The molecule has 2 aliphatic rings. The van der Waals surface area contributed by atoms with E-state index in [2.05, 4.69) is 25.5 Å². The number of amidine groups is 1. The predicted molar refractivity (Wildman–Crippen MR) is 184 cm³/mol. The Bertz CT molecular complexity index is 1650. The first kappa shape index (κ1) is 34.5. The third-order valence-electron chi connectivity index (χ3n) is 9.26. The van der Waals surface area contributed by atoms with Gasteiger partial charge in [-0.1, -0.05) is 68.2 Å². The summed E-state index contributed by atoms with van der Waals surface area (Å²) in [5.41, 5.74) is 0.897. The van der Waals surface area contributed by atoms with Crippen LogP contribution in [0.4, 0.5) is 9.59 Å². The molecule has 47 heavy (non-hydrogen) atoms. The quantitative estimate of drug-likeness (QED) is 0.243. The Kier molecular flexibility index (Phi) is 9.81. The number of aliphatic imine (C=N–C) groups is 1. The fourth-order valence-electron chi connectivity index (χ4n) is 6.35. The number of halogens is 2. The van der Waals surface area contributed by atoms with Crippen LogP contribution in [-0.4, -0.2) is 65.7 Å². The van der Waals surface area contributed by atoms with E-state index in [1.54, 1.807) is 16.0 Å². The molecule has 0 unspecified atom stereocenters. The van der Waals surface area contributed by atoms with E-state index >= 15 is 4.79 Å². The van der Waals surface area contributed by atoms with Gasteiger partial charge in [0.05, 0.1) is 19.3 Å². The third-order valence-corrected chi connectivity index (χ3v) is 9.76. The molecule has 11 heteroatoms. The highest BCUT2D eigenvalue weighted by atomic mass is 35.5. The largest absolute Gasteiger partial charge is 0.508 e. The number of rotatable bonds is 6. The average Bonchev–Trinajstić information content (AvgIpc) is 3.29. The fraction of sp³-hybridized carbons (Fsp3) is 0.444. The average molecular weight is 682 g/mol. The fourth-order valence-corrected chi connectivity index (χ4v) is 6.60. The highest BCUT2D eigenvalue weighted by Crippen LogP contribution is 2.54. The van der Waals surface area contributed by atoms with Crippen LogP contribution in [0.2, 0.25) is 10.0 Å². The van der Waals surface area contributed by atoms with Gasteiger partial charge in [-0.3, -0.25) is 14.9 Å². The molecule has 9 nitrogen and oxygen atoms in total. The van der Waals surface area contributed by atoms with E-state index in [0.717, 1.165) is 16.8 Å². The molecular formula is C36H42Cl2N4O5. The van der Waals surface area contributed by atoms with Gasteiger partial charge in [-0.05, 0) is 56.2 Å². The normalized spacial score (nSPS) is 21.8. The number of aromatic nitrogens is 1. The highest BCUT2D eigenvalue weighted by Gasteiger charge is 2.60. The van der Waals surface area contributed by atoms with Crippen LogP contribution in [0.1, 0.15) is 76.8 Å². The van der Waals surface area contributed by atoms with Gasteiger partial charge >= 0.3 is 12.2 Å². The smallest absolute Gasteiger partial charge is 0.493 e. The zero-order chi connectivity index (χ0) is 34.1. The summed E-state index contributed by atoms with van der Waals surface area (Å²) in [6.45, 7) is 13.4. The lowest BCUT2D eigenvalue weighted by atomic mass is 9.71. The topological polar surface area (TPSA) is 93.6 Å². The first-order valence-electron chi connectivity index (χ1n) is 15.8. The van der Waals surface area contributed by atoms with Gasteiger partial charge < -0.3 is 19.1 Å². The monoisotopic (exact) mass is 680 g/mol. The summed E-state index contributed by atoms with van der Waals surface area (Å²) in [7, 11) is 1.28. The Hall–Kier alpha value is -3.82. The lowest BCUT2D eigenvalue weighted by Gasteiger charge is -2.47. The molecule has 2 aliphatic heterocycles. The maximum atomic E-state index is 15.0. The molecule has 250 valence electrons. The van der Waals surface area contributed by atoms with E-state index in [0.29, 0.717) is 59.7 Å². The summed E-state index contributed by atoms with van der Waals surface area (Å²) in [6.07, 6.45) is 1.63. The molecule has 0 aliphatic carbocycles. The van der Waals surface area contributed by atoms with E-state index in [1.807, 2.05) is 75.4 Å². The number of likely N-dealkylation sites (tertiary alicyclic amines) is 1. The number of nitrogens with zero attached hydrogens (tertiary/aromatic N) is 4. The van der Waals surface area contributed by atoms with E-state index in [9.17, 15) is 4.79 Å². The number of ether oxygens (including phenoxy) is 3. The number of methoxy groups -OCH3 is 1. The van der Waals surface area contributed by atoms with Crippen LogP contribution in [0.25, 0.3) is 0 Å². The van der Waals surface area contributed by atoms with Crippen LogP contribution in [0.3, 0.4) is 0 Å². The van der Waals surface area contributed by atoms with Gasteiger partial charge in [0.2, 0.25) is 0 Å². The first-order valence-corrected chi connectivity index (χ1v) is 16.6. The number of carbonyl (C=O) groups is 2. The van der Waals surface area contributed by atoms with Crippen molar-refractivity contribution in [1.82, 2.24) is 14.8 Å². The van der Waals surface area contributed by atoms with Crippen molar-refractivity contribution in [1.29, 1.82) is 0 Å². The van der Waals surface area contributed by atoms with Crippen LogP contribution in [0.5, 0.6) is 5.75 Å². The second-order valence-electron chi connectivity index (χ2n) is 13.2. The Balaban J connectivity index is 1.71. The van der Waals surface area contributed by atoms with Crippen molar-refractivity contribution < 1.29 is 23.8 Å². The zero-order valence-corrected chi connectivity index (χ0v) is 29.5. The maximum Gasteiger partial charge on any atom is 0.508 e. The number of benzene rings is 2. The van der Waals surface area contributed by atoms with Crippen molar-refractivity contribution >= 4 is 41.2 Å². The summed E-state index contributed by atoms with van der Waals surface area (Å²) in [4.78, 5) is 40.7. The molecular weight excluding hydrogens is 639 g/mol. The van der Waals surface area contributed by atoms with Crippen molar-refractivity contribution in [3.63, 3.8) is 0 Å². The Morgan fingerprint density at radius 1 is 0.957 bits per heavy atom. The molecule has 0 spiro atoms. The minimum absolute atomic E-state index is 0.233. The number of amides is 2. The lowest BCUT2D eigenvalue weighted by Crippen LogP contribution is -2.59. The second-order valence-corrected chi connectivity index (χ2v) is 14.1. The summed E-state index contributed by atoms with van der Waals surface area (Å²) in [5.74, 6) is 1.03. The zero-order valence-electron chi connectivity index (χ0n) is 28.0. The van der Waals surface area contributed by atoms with Gasteiger partial charge in [-0.25, -0.2) is 9.59 Å². The molecule has 2 aromatic carbocycles. The Morgan fingerprint density at radius 3 is 2.06 bits per heavy atom. The van der Waals surface area contributed by atoms with Gasteiger partial charge in [0, 0.05) is 59.3 Å². The Morgan fingerprint density at radius 2 is 1.53 bits per heavy atom. The van der Waals surface area contributed by atoms with Crippen LogP contribution in [0, 0.1) is 0 Å². The van der Waals surface area contributed by atoms with E-state index < -0.39 is 17.2 Å². The molecule has 0 radical (unpaired) electrons. The van der Waals surface area contributed by atoms with Crippen LogP contribution < -0.4 is 4.74 Å². The highest BCUT2D eigenvalue weighted by molar-refractivity contribution is 6.30. The van der Waals surface area contributed by atoms with Crippen LogP contribution >= 0.6 is 23.2 Å². The molecule has 1 fully saturated rings. The predicted octanol–water partition coefficient (Wildman–Crippen LogP) is 8.35. The number of hydrogen-bond acceptors (Lipinski definition) is 7. The molecule has 0 N–H and O–H groups in total. The number of urea groups is 1. The summed E-state index contributed by atoms with van der Waals surface area (Å²) in [6, 6.07) is 16.8. The van der Waals surface area contributed by atoms with Gasteiger partial charge in [0.1, 0.15) is 28.8 Å². The Labute approximate surface area is 286 Å². The standard InChI is InChI=1S/C36H42Cl2N4O5/c1-8-46-29-21-30(34(2,3)4)39-22-28(29)31-40-35(5,23-9-13-25(37)14-10-23)36(6,24-11-15-26(38)16-12-24)42(31)32(43)41-19-17-27(18-20-41)47-33(44)45-7/h9-16,21-22,27H,8,17-20H2,1-7H3/t35-,36+/m0/s1. The van der Waals surface area contributed by atoms with E-state index in [1.165, 1.54) is 7.11 Å². The van der Waals surface area contributed by atoms with Crippen LogP contribution in [-0.2, 0) is 26.0 Å². The molecule has 5 rings (SSSR count). The van der Waals surface area contributed by atoms with Crippen molar-refractivity contribution in [2.45, 2.75) is 77.0 Å². The molecule has 2 atom stereocenters. The minimum atomic E-state index is -1.05. The number of hydrogen-bond donors (Lipinski definition) is 0. The van der Waals surface area contributed by atoms with Crippen molar-refractivity contribution in [2.75, 3.05) is 26.8 Å². The maximum absolute atomic E-state index is 15.0. The van der Waals surface area contributed by atoms with Crippen molar-refractivity contribution in [3.8, 4) is 5.75 Å². The molecule has 3 aromatic rings. The second kappa shape index (κ2) is 13.4. The molecule has 0 bridgehead atoms.